The van der Waals surface area contributed by atoms with E-state index in [4.69, 9.17) is 9.47 Å². The Kier molecular flexibility index (Phi) is 5.61. The van der Waals surface area contributed by atoms with Gasteiger partial charge in [0.1, 0.15) is 0 Å². The first-order chi connectivity index (χ1) is 13.2. The molecule has 7 heteroatoms. The maximum absolute atomic E-state index is 12.7. The van der Waals surface area contributed by atoms with E-state index < -0.39 is 0 Å². The van der Waals surface area contributed by atoms with Crippen molar-refractivity contribution in [1.82, 2.24) is 0 Å². The summed E-state index contributed by atoms with van der Waals surface area (Å²) in [6.45, 7) is 8.37. The van der Waals surface area contributed by atoms with Crippen LogP contribution in [-0.4, -0.2) is 58.5 Å². The fourth-order valence-corrected chi connectivity index (χ4v) is 4.21. The van der Waals surface area contributed by atoms with Crippen LogP contribution in [0.1, 0.15) is 14.5 Å². The third-order valence-electron chi connectivity index (χ3n) is 4.92. The molecule has 1 N–H and O–H groups in total. The van der Waals surface area contributed by atoms with E-state index in [0.717, 1.165) is 60.5 Å². The summed E-state index contributed by atoms with van der Waals surface area (Å²) >= 11 is 1.51. The number of rotatable bonds is 4. The average molecular weight is 388 g/mol. The number of nitrogens with zero attached hydrogens (tertiary/aromatic N) is 2. The number of nitrogens with one attached hydrogen (secondary N) is 1. The first kappa shape index (κ1) is 18.3. The first-order valence-electron chi connectivity index (χ1n) is 9.38. The summed E-state index contributed by atoms with van der Waals surface area (Å²) < 4.78 is 11.0. The minimum absolute atomic E-state index is 0.0540. The van der Waals surface area contributed by atoms with Crippen molar-refractivity contribution in [3.63, 3.8) is 0 Å². The lowest BCUT2D eigenvalue weighted by atomic mass is 10.1. The van der Waals surface area contributed by atoms with Crippen molar-refractivity contribution < 1.29 is 14.3 Å². The van der Waals surface area contributed by atoms with Crippen molar-refractivity contribution in [2.75, 3.05) is 67.7 Å². The summed E-state index contributed by atoms with van der Waals surface area (Å²) in [5, 5.41) is 3.11. The Balaban J connectivity index is 1.61. The van der Waals surface area contributed by atoms with E-state index in [1.165, 1.54) is 17.0 Å². The van der Waals surface area contributed by atoms with Crippen molar-refractivity contribution in [3.8, 4) is 0 Å². The molecule has 0 spiro atoms. The number of hydrogen-bond donors (Lipinski definition) is 1. The maximum Gasteiger partial charge on any atom is 0.265 e. The van der Waals surface area contributed by atoms with E-state index >= 15 is 0 Å². The van der Waals surface area contributed by atoms with E-state index in [2.05, 4.69) is 27.2 Å². The van der Waals surface area contributed by atoms with Gasteiger partial charge in [0.2, 0.25) is 0 Å². The summed E-state index contributed by atoms with van der Waals surface area (Å²) in [5.74, 6) is -0.0540. The Hall–Kier alpha value is -2.09. The standard InChI is InChI=1S/C20H25N3O3S/c1-15-2-5-19(27-15)20(24)21-17-4-3-16(22-6-10-25-11-7-22)14-18(17)23-8-12-26-13-9-23/h2-5,14H,6-13H2,1H3,(H,21,24). The monoisotopic (exact) mass is 387 g/mol. The fourth-order valence-electron chi connectivity index (χ4n) is 3.45. The van der Waals surface area contributed by atoms with Gasteiger partial charge in [-0.25, -0.2) is 0 Å². The van der Waals surface area contributed by atoms with E-state index in [-0.39, 0.29) is 5.91 Å². The van der Waals surface area contributed by atoms with Crippen molar-refractivity contribution in [2.24, 2.45) is 0 Å². The molecule has 2 aromatic rings. The maximum atomic E-state index is 12.7. The van der Waals surface area contributed by atoms with Crippen molar-refractivity contribution in [3.05, 3.63) is 40.1 Å². The molecule has 6 nitrogen and oxygen atoms in total. The third-order valence-corrected chi connectivity index (χ3v) is 5.92. The van der Waals surface area contributed by atoms with Crippen LogP contribution in [0.4, 0.5) is 17.1 Å². The SMILES string of the molecule is Cc1ccc(C(=O)Nc2ccc(N3CCOCC3)cc2N2CCOCC2)s1. The van der Waals surface area contributed by atoms with E-state index in [9.17, 15) is 4.79 Å². The highest BCUT2D eigenvalue weighted by atomic mass is 32.1. The first-order valence-corrected chi connectivity index (χ1v) is 10.2. The topological polar surface area (TPSA) is 54.0 Å². The van der Waals surface area contributed by atoms with Gasteiger partial charge in [-0.3, -0.25) is 4.79 Å². The average Bonchev–Trinajstić information content (AvgIpc) is 3.16. The molecule has 0 aliphatic carbocycles. The van der Waals surface area contributed by atoms with Gasteiger partial charge in [-0.1, -0.05) is 0 Å². The number of amides is 1. The molecule has 1 amide bonds. The second-order valence-corrected chi connectivity index (χ2v) is 8.05. The highest BCUT2D eigenvalue weighted by molar-refractivity contribution is 7.14. The van der Waals surface area contributed by atoms with Crippen LogP contribution in [0.2, 0.25) is 0 Å². The summed E-state index contributed by atoms with van der Waals surface area (Å²) in [6, 6.07) is 10.2. The van der Waals surface area contributed by atoms with Crippen LogP contribution in [-0.2, 0) is 9.47 Å². The van der Waals surface area contributed by atoms with Crippen molar-refractivity contribution in [2.45, 2.75) is 6.92 Å². The fraction of sp³-hybridized carbons (Fsp3) is 0.450. The molecule has 1 aromatic heterocycles. The van der Waals surface area contributed by atoms with Gasteiger partial charge in [0.15, 0.2) is 0 Å². The molecular formula is C20H25N3O3S. The summed E-state index contributed by atoms with van der Waals surface area (Å²) in [6.07, 6.45) is 0. The number of thiophene rings is 1. The highest BCUT2D eigenvalue weighted by Crippen LogP contribution is 2.33. The number of hydrogen-bond acceptors (Lipinski definition) is 6. The zero-order chi connectivity index (χ0) is 18.6. The quantitative estimate of drug-likeness (QED) is 0.874. The van der Waals surface area contributed by atoms with Crippen LogP contribution in [0.3, 0.4) is 0 Å². The molecule has 4 rings (SSSR count). The van der Waals surface area contributed by atoms with Gasteiger partial charge in [0.05, 0.1) is 42.7 Å². The molecule has 3 heterocycles. The molecule has 0 atom stereocenters. The van der Waals surface area contributed by atoms with Crippen LogP contribution in [0.15, 0.2) is 30.3 Å². The lowest BCUT2D eigenvalue weighted by molar-refractivity contribution is 0.103. The zero-order valence-electron chi connectivity index (χ0n) is 15.6. The molecule has 27 heavy (non-hydrogen) atoms. The molecule has 2 aliphatic rings. The molecule has 1 aromatic carbocycles. The van der Waals surface area contributed by atoms with Crippen molar-refractivity contribution in [1.29, 1.82) is 0 Å². The van der Waals surface area contributed by atoms with Crippen LogP contribution < -0.4 is 15.1 Å². The van der Waals surface area contributed by atoms with E-state index in [1.807, 2.05) is 25.1 Å². The Morgan fingerprint density at radius 2 is 1.63 bits per heavy atom. The zero-order valence-corrected chi connectivity index (χ0v) is 16.4. The van der Waals surface area contributed by atoms with Crippen LogP contribution >= 0.6 is 11.3 Å². The van der Waals surface area contributed by atoms with Crippen LogP contribution in [0.25, 0.3) is 0 Å². The lowest BCUT2D eigenvalue weighted by Crippen LogP contribution is -2.38. The molecule has 144 valence electrons. The van der Waals surface area contributed by atoms with E-state index in [0.29, 0.717) is 13.2 Å². The third kappa shape index (κ3) is 4.26. The van der Waals surface area contributed by atoms with Gasteiger partial charge < -0.3 is 24.6 Å². The number of anilines is 3. The second-order valence-electron chi connectivity index (χ2n) is 6.76. The number of aryl methyl sites for hydroxylation is 1. The van der Waals surface area contributed by atoms with E-state index in [1.54, 1.807) is 0 Å². The van der Waals surface area contributed by atoms with Gasteiger partial charge in [-0.2, -0.15) is 0 Å². The van der Waals surface area contributed by atoms with Gasteiger partial charge in [-0.15, -0.1) is 11.3 Å². The largest absolute Gasteiger partial charge is 0.378 e. The smallest absolute Gasteiger partial charge is 0.265 e. The molecule has 2 aliphatic heterocycles. The molecule has 2 saturated heterocycles. The molecule has 0 bridgehead atoms. The van der Waals surface area contributed by atoms with Crippen molar-refractivity contribution >= 4 is 34.3 Å². The Morgan fingerprint density at radius 3 is 2.26 bits per heavy atom. The van der Waals surface area contributed by atoms with Gasteiger partial charge in [-0.05, 0) is 37.3 Å². The second kappa shape index (κ2) is 8.29. The number of morpholine rings is 2. The molecule has 0 saturated carbocycles. The number of ether oxygens (including phenoxy) is 2. The van der Waals surface area contributed by atoms with Crippen LogP contribution in [0, 0.1) is 6.92 Å². The lowest BCUT2D eigenvalue weighted by Gasteiger charge is -2.33. The Morgan fingerprint density at radius 1 is 0.963 bits per heavy atom. The molecule has 2 fully saturated rings. The number of benzene rings is 1. The summed E-state index contributed by atoms with van der Waals surface area (Å²) in [5.41, 5.74) is 3.08. The normalized spacial score (nSPS) is 17.8. The summed E-state index contributed by atoms with van der Waals surface area (Å²) in [4.78, 5) is 19.2. The predicted octanol–water partition coefficient (Wildman–Crippen LogP) is 2.98. The molecule has 0 radical (unpaired) electrons. The van der Waals surface area contributed by atoms with Gasteiger partial charge in [0, 0.05) is 36.7 Å². The number of carbonyl (C=O) groups is 1. The predicted molar refractivity (Wildman–Crippen MR) is 110 cm³/mol. The molecular weight excluding hydrogens is 362 g/mol. The van der Waals surface area contributed by atoms with Crippen LogP contribution in [0.5, 0.6) is 0 Å². The minimum Gasteiger partial charge on any atom is -0.378 e. The van der Waals surface area contributed by atoms with Gasteiger partial charge in [0.25, 0.3) is 5.91 Å². The molecule has 0 unspecified atom stereocenters. The minimum atomic E-state index is -0.0540. The highest BCUT2D eigenvalue weighted by Gasteiger charge is 2.20. The van der Waals surface area contributed by atoms with Gasteiger partial charge >= 0.3 is 0 Å². The number of carbonyl (C=O) groups excluding carboxylic acids is 1. The Labute approximate surface area is 163 Å². The summed E-state index contributed by atoms with van der Waals surface area (Å²) in [7, 11) is 0. The Bertz CT molecular complexity index is 796.